The van der Waals surface area contributed by atoms with E-state index in [4.69, 9.17) is 0 Å². The van der Waals surface area contributed by atoms with E-state index in [0.29, 0.717) is 0 Å². The Morgan fingerprint density at radius 2 is 2.18 bits per heavy atom. The van der Waals surface area contributed by atoms with Crippen molar-refractivity contribution >= 4 is 15.9 Å². The van der Waals surface area contributed by atoms with Crippen LogP contribution in [0.25, 0.3) is 0 Å². The summed E-state index contributed by atoms with van der Waals surface area (Å²) in [5.74, 6) is 0.827. The smallest absolute Gasteiger partial charge is 0.0178 e. The standard InChI is InChI=1S/C14H21BrN2/c1-14(2,10-17-9-11-7-16-8-11)12-4-3-5-13(15)6-12/h3-6,11,16-17H,7-10H2,1-2H3. The minimum Gasteiger partial charge on any atom is -0.316 e. The van der Waals surface area contributed by atoms with E-state index in [1.54, 1.807) is 0 Å². The molecule has 1 aliphatic heterocycles. The molecule has 0 saturated carbocycles. The highest BCUT2D eigenvalue weighted by molar-refractivity contribution is 9.10. The molecular weight excluding hydrogens is 276 g/mol. The fourth-order valence-electron chi connectivity index (χ4n) is 2.09. The van der Waals surface area contributed by atoms with Crippen molar-refractivity contribution in [3.05, 3.63) is 34.3 Å². The average Bonchev–Trinajstić information content (AvgIpc) is 2.22. The van der Waals surface area contributed by atoms with Crippen molar-refractivity contribution in [3.63, 3.8) is 0 Å². The number of hydrogen-bond acceptors (Lipinski definition) is 2. The Labute approximate surface area is 112 Å². The normalized spacial score (nSPS) is 16.9. The average molecular weight is 297 g/mol. The molecule has 1 heterocycles. The molecule has 2 rings (SSSR count). The summed E-state index contributed by atoms with van der Waals surface area (Å²) in [5.41, 5.74) is 1.56. The van der Waals surface area contributed by atoms with Gasteiger partial charge in [-0.1, -0.05) is 41.9 Å². The maximum absolute atomic E-state index is 3.59. The zero-order valence-corrected chi connectivity index (χ0v) is 12.2. The minimum absolute atomic E-state index is 0.182. The maximum Gasteiger partial charge on any atom is 0.0178 e. The minimum atomic E-state index is 0.182. The van der Waals surface area contributed by atoms with Gasteiger partial charge in [0.1, 0.15) is 0 Å². The summed E-state index contributed by atoms with van der Waals surface area (Å²) in [6.07, 6.45) is 0. The van der Waals surface area contributed by atoms with E-state index in [1.807, 2.05) is 0 Å². The molecule has 0 atom stereocenters. The Morgan fingerprint density at radius 3 is 2.76 bits per heavy atom. The van der Waals surface area contributed by atoms with Crippen LogP contribution in [0.1, 0.15) is 19.4 Å². The zero-order valence-electron chi connectivity index (χ0n) is 10.6. The fourth-order valence-corrected chi connectivity index (χ4v) is 2.49. The number of nitrogens with one attached hydrogen (secondary N) is 2. The molecule has 94 valence electrons. The SMILES string of the molecule is CC(C)(CNCC1CNC1)c1cccc(Br)c1. The van der Waals surface area contributed by atoms with E-state index in [0.717, 1.165) is 23.5 Å². The highest BCUT2D eigenvalue weighted by atomic mass is 79.9. The van der Waals surface area contributed by atoms with Crippen LogP contribution in [0.2, 0.25) is 0 Å². The van der Waals surface area contributed by atoms with Crippen LogP contribution >= 0.6 is 15.9 Å². The van der Waals surface area contributed by atoms with Gasteiger partial charge in [-0.2, -0.15) is 0 Å². The first-order chi connectivity index (χ1) is 8.08. The first-order valence-corrected chi connectivity index (χ1v) is 7.05. The number of rotatable bonds is 5. The number of halogens is 1. The van der Waals surface area contributed by atoms with Gasteiger partial charge in [-0.05, 0) is 23.6 Å². The second kappa shape index (κ2) is 5.51. The highest BCUT2D eigenvalue weighted by Crippen LogP contribution is 2.25. The number of hydrogen-bond donors (Lipinski definition) is 2. The monoisotopic (exact) mass is 296 g/mol. The van der Waals surface area contributed by atoms with E-state index in [2.05, 4.69) is 64.7 Å². The molecule has 1 fully saturated rings. The predicted molar refractivity (Wildman–Crippen MR) is 76.4 cm³/mol. The summed E-state index contributed by atoms with van der Waals surface area (Å²) in [6.45, 7) is 9.08. The Bertz CT molecular complexity index is 372. The van der Waals surface area contributed by atoms with Crippen LogP contribution in [-0.2, 0) is 5.41 Å². The van der Waals surface area contributed by atoms with Crippen molar-refractivity contribution in [1.29, 1.82) is 0 Å². The van der Waals surface area contributed by atoms with Gasteiger partial charge in [0.25, 0.3) is 0 Å². The molecule has 17 heavy (non-hydrogen) atoms. The second-order valence-corrected chi connectivity index (χ2v) is 6.47. The lowest BCUT2D eigenvalue weighted by Crippen LogP contribution is -2.48. The van der Waals surface area contributed by atoms with Crippen molar-refractivity contribution in [2.45, 2.75) is 19.3 Å². The van der Waals surface area contributed by atoms with Gasteiger partial charge < -0.3 is 10.6 Å². The van der Waals surface area contributed by atoms with Gasteiger partial charge in [-0.3, -0.25) is 0 Å². The summed E-state index contributed by atoms with van der Waals surface area (Å²) < 4.78 is 1.16. The van der Waals surface area contributed by atoms with Gasteiger partial charge in [-0.15, -0.1) is 0 Å². The molecule has 0 spiro atoms. The molecule has 2 N–H and O–H groups in total. The summed E-state index contributed by atoms with van der Waals surface area (Å²) in [6, 6.07) is 8.61. The van der Waals surface area contributed by atoms with Crippen LogP contribution in [0, 0.1) is 5.92 Å². The van der Waals surface area contributed by atoms with Crippen molar-refractivity contribution < 1.29 is 0 Å². The zero-order chi connectivity index (χ0) is 12.3. The fraction of sp³-hybridized carbons (Fsp3) is 0.571. The molecule has 0 unspecified atom stereocenters. The van der Waals surface area contributed by atoms with Crippen LogP contribution in [0.4, 0.5) is 0 Å². The van der Waals surface area contributed by atoms with Crippen molar-refractivity contribution in [1.82, 2.24) is 10.6 Å². The van der Waals surface area contributed by atoms with Gasteiger partial charge in [0.2, 0.25) is 0 Å². The molecule has 0 amide bonds. The van der Waals surface area contributed by atoms with Crippen molar-refractivity contribution in [2.75, 3.05) is 26.2 Å². The molecule has 1 aromatic carbocycles. The lowest BCUT2D eigenvalue weighted by atomic mass is 9.84. The van der Waals surface area contributed by atoms with E-state index in [9.17, 15) is 0 Å². The van der Waals surface area contributed by atoms with E-state index in [1.165, 1.54) is 18.7 Å². The molecule has 2 nitrogen and oxygen atoms in total. The molecular formula is C14H21BrN2. The lowest BCUT2D eigenvalue weighted by molar-refractivity contribution is 0.319. The third-order valence-corrected chi connectivity index (χ3v) is 3.97. The van der Waals surface area contributed by atoms with Gasteiger partial charge >= 0.3 is 0 Å². The van der Waals surface area contributed by atoms with Crippen LogP contribution in [0.3, 0.4) is 0 Å². The first-order valence-electron chi connectivity index (χ1n) is 6.25. The van der Waals surface area contributed by atoms with Gasteiger partial charge in [0, 0.05) is 36.1 Å². The Balaban J connectivity index is 1.88. The van der Waals surface area contributed by atoms with Crippen LogP contribution in [-0.4, -0.2) is 26.2 Å². The van der Waals surface area contributed by atoms with E-state index >= 15 is 0 Å². The third kappa shape index (κ3) is 3.54. The van der Waals surface area contributed by atoms with Gasteiger partial charge in [0.05, 0.1) is 0 Å². The van der Waals surface area contributed by atoms with Gasteiger partial charge in [-0.25, -0.2) is 0 Å². The topological polar surface area (TPSA) is 24.1 Å². The molecule has 0 aromatic heterocycles. The first kappa shape index (κ1) is 13.1. The van der Waals surface area contributed by atoms with Crippen molar-refractivity contribution in [3.8, 4) is 0 Å². The quantitative estimate of drug-likeness (QED) is 0.873. The van der Waals surface area contributed by atoms with E-state index in [-0.39, 0.29) is 5.41 Å². The predicted octanol–water partition coefficient (Wildman–Crippen LogP) is 2.54. The van der Waals surface area contributed by atoms with Gasteiger partial charge in [0.15, 0.2) is 0 Å². The lowest BCUT2D eigenvalue weighted by Gasteiger charge is -2.31. The Hall–Kier alpha value is -0.380. The summed E-state index contributed by atoms with van der Waals surface area (Å²) in [5, 5.41) is 6.89. The Morgan fingerprint density at radius 1 is 1.41 bits per heavy atom. The van der Waals surface area contributed by atoms with E-state index < -0.39 is 0 Å². The van der Waals surface area contributed by atoms with Crippen LogP contribution < -0.4 is 10.6 Å². The van der Waals surface area contributed by atoms with Crippen molar-refractivity contribution in [2.24, 2.45) is 5.92 Å². The maximum atomic E-state index is 3.59. The third-order valence-electron chi connectivity index (χ3n) is 3.47. The Kier molecular flexibility index (Phi) is 4.23. The highest BCUT2D eigenvalue weighted by Gasteiger charge is 2.22. The molecule has 0 bridgehead atoms. The molecule has 1 saturated heterocycles. The number of benzene rings is 1. The molecule has 1 aliphatic rings. The largest absolute Gasteiger partial charge is 0.316 e. The molecule has 3 heteroatoms. The summed E-state index contributed by atoms with van der Waals surface area (Å²) in [4.78, 5) is 0. The molecule has 0 radical (unpaired) electrons. The molecule has 0 aliphatic carbocycles. The van der Waals surface area contributed by atoms with Crippen LogP contribution in [0.15, 0.2) is 28.7 Å². The summed E-state index contributed by atoms with van der Waals surface area (Å²) >= 11 is 3.54. The summed E-state index contributed by atoms with van der Waals surface area (Å²) in [7, 11) is 0. The second-order valence-electron chi connectivity index (χ2n) is 5.55. The molecule has 1 aromatic rings. The van der Waals surface area contributed by atoms with Crippen LogP contribution in [0.5, 0.6) is 0 Å².